The molecule has 0 atom stereocenters. The zero-order valence-electron chi connectivity index (χ0n) is 12.1. The van der Waals surface area contributed by atoms with Gasteiger partial charge in [-0.3, -0.25) is 9.59 Å². The van der Waals surface area contributed by atoms with Crippen molar-refractivity contribution < 1.29 is 9.59 Å². The molecule has 0 radical (unpaired) electrons. The molecule has 21 heavy (non-hydrogen) atoms. The van der Waals surface area contributed by atoms with Crippen LogP contribution in [-0.2, 0) is 4.79 Å². The molecule has 1 aromatic rings. The Morgan fingerprint density at radius 1 is 1.38 bits per heavy atom. The van der Waals surface area contributed by atoms with E-state index in [0.717, 1.165) is 12.8 Å². The van der Waals surface area contributed by atoms with Crippen LogP contribution in [0.5, 0.6) is 0 Å². The first-order valence-electron chi connectivity index (χ1n) is 7.18. The number of Topliss-reactive ketones (excluding diaryl/α,β-unsaturated/α-hetero) is 1. The molecule has 0 saturated heterocycles. The fourth-order valence-electron chi connectivity index (χ4n) is 2.01. The number of anilines is 1. The number of hydrogen-bond acceptors (Lipinski definition) is 4. The van der Waals surface area contributed by atoms with Crippen molar-refractivity contribution in [3.05, 3.63) is 29.3 Å². The molecular formula is C16H19N3O2. The number of nitrogens with zero attached hydrogens (tertiary/aromatic N) is 1. The third-order valence-corrected chi connectivity index (χ3v) is 3.39. The van der Waals surface area contributed by atoms with Crippen molar-refractivity contribution in [1.29, 1.82) is 5.26 Å². The summed E-state index contributed by atoms with van der Waals surface area (Å²) in [7, 11) is 0. The number of hydrogen-bond donors (Lipinski definition) is 2. The molecule has 5 nitrogen and oxygen atoms in total. The van der Waals surface area contributed by atoms with Crippen LogP contribution in [-0.4, -0.2) is 24.3 Å². The monoisotopic (exact) mass is 285 g/mol. The molecule has 2 N–H and O–H groups in total. The van der Waals surface area contributed by atoms with Crippen molar-refractivity contribution in [3.63, 3.8) is 0 Å². The summed E-state index contributed by atoms with van der Waals surface area (Å²) in [5, 5.41) is 15.1. The van der Waals surface area contributed by atoms with E-state index >= 15 is 0 Å². The van der Waals surface area contributed by atoms with E-state index in [9.17, 15) is 9.59 Å². The molecule has 1 aliphatic carbocycles. The van der Waals surface area contributed by atoms with Crippen LogP contribution in [0.1, 0.15) is 48.5 Å². The number of nitriles is 1. The van der Waals surface area contributed by atoms with Crippen molar-refractivity contribution in [2.24, 2.45) is 0 Å². The van der Waals surface area contributed by atoms with Gasteiger partial charge in [-0.1, -0.05) is 0 Å². The Hall–Kier alpha value is -2.35. The second-order valence-corrected chi connectivity index (χ2v) is 5.30. The molecule has 1 aliphatic rings. The lowest BCUT2D eigenvalue weighted by molar-refractivity contribution is -0.121. The van der Waals surface area contributed by atoms with Gasteiger partial charge in [-0.05, 0) is 44.4 Å². The molecule has 0 heterocycles. The van der Waals surface area contributed by atoms with E-state index in [0.29, 0.717) is 42.2 Å². The lowest BCUT2D eigenvalue weighted by Gasteiger charge is -2.09. The Labute approximate surface area is 124 Å². The molecule has 0 unspecified atom stereocenters. The molecule has 0 aliphatic heterocycles. The van der Waals surface area contributed by atoms with Gasteiger partial charge in [-0.15, -0.1) is 0 Å². The second kappa shape index (κ2) is 6.89. The fourth-order valence-corrected chi connectivity index (χ4v) is 2.01. The highest BCUT2D eigenvalue weighted by Gasteiger charge is 2.22. The Balaban J connectivity index is 1.83. The average Bonchev–Trinajstić information content (AvgIpc) is 3.27. The van der Waals surface area contributed by atoms with Crippen LogP contribution in [0.4, 0.5) is 5.69 Å². The molecule has 5 heteroatoms. The normalized spacial score (nSPS) is 13.3. The predicted molar refractivity (Wildman–Crippen MR) is 80.0 cm³/mol. The van der Waals surface area contributed by atoms with Gasteiger partial charge in [-0.2, -0.15) is 5.26 Å². The summed E-state index contributed by atoms with van der Waals surface area (Å²) >= 11 is 0. The minimum Gasteiger partial charge on any atom is -0.384 e. The van der Waals surface area contributed by atoms with Crippen LogP contribution in [0.25, 0.3) is 0 Å². The minimum atomic E-state index is -0.0358. The standard InChI is InChI=1S/C16H19N3O2/c1-11(20)12-4-5-13(10-17)15(9-12)18-8-2-3-16(21)19-14-6-7-14/h4-5,9,14,18H,2-3,6-8H2,1H3,(H,19,21). The van der Waals surface area contributed by atoms with E-state index in [4.69, 9.17) is 5.26 Å². The number of benzene rings is 1. The maximum absolute atomic E-state index is 11.5. The van der Waals surface area contributed by atoms with Crippen LogP contribution in [0, 0.1) is 11.3 Å². The molecule has 1 fully saturated rings. The molecule has 1 aromatic carbocycles. The van der Waals surface area contributed by atoms with Gasteiger partial charge in [0.1, 0.15) is 6.07 Å². The van der Waals surface area contributed by atoms with Gasteiger partial charge in [0.15, 0.2) is 5.78 Å². The van der Waals surface area contributed by atoms with Gasteiger partial charge in [0.25, 0.3) is 0 Å². The fraction of sp³-hybridized carbons (Fsp3) is 0.438. The van der Waals surface area contributed by atoms with Crippen LogP contribution in [0.3, 0.4) is 0 Å². The first-order chi connectivity index (χ1) is 10.1. The number of amides is 1. The van der Waals surface area contributed by atoms with Crippen molar-refractivity contribution in [2.45, 2.75) is 38.6 Å². The lowest BCUT2D eigenvalue weighted by atomic mass is 10.1. The number of carbonyl (C=O) groups is 2. The predicted octanol–water partition coefficient (Wildman–Crippen LogP) is 2.23. The molecule has 0 bridgehead atoms. The van der Waals surface area contributed by atoms with Crippen molar-refractivity contribution in [3.8, 4) is 6.07 Å². The Kier molecular flexibility index (Phi) is 4.94. The first-order valence-corrected chi connectivity index (χ1v) is 7.18. The van der Waals surface area contributed by atoms with Gasteiger partial charge < -0.3 is 10.6 Å². The summed E-state index contributed by atoms with van der Waals surface area (Å²) < 4.78 is 0. The molecular weight excluding hydrogens is 266 g/mol. The van der Waals surface area contributed by atoms with Crippen LogP contribution < -0.4 is 10.6 Å². The largest absolute Gasteiger partial charge is 0.384 e. The minimum absolute atomic E-state index is 0.0358. The van der Waals surface area contributed by atoms with E-state index in [-0.39, 0.29) is 11.7 Å². The Morgan fingerprint density at radius 3 is 2.76 bits per heavy atom. The van der Waals surface area contributed by atoms with Crippen molar-refractivity contribution in [1.82, 2.24) is 5.32 Å². The van der Waals surface area contributed by atoms with E-state index in [1.165, 1.54) is 6.92 Å². The zero-order chi connectivity index (χ0) is 15.2. The molecule has 0 spiro atoms. The smallest absolute Gasteiger partial charge is 0.220 e. The van der Waals surface area contributed by atoms with E-state index in [2.05, 4.69) is 16.7 Å². The van der Waals surface area contributed by atoms with Gasteiger partial charge in [0, 0.05) is 24.6 Å². The van der Waals surface area contributed by atoms with Crippen molar-refractivity contribution >= 4 is 17.4 Å². The lowest BCUT2D eigenvalue weighted by Crippen LogP contribution is -2.25. The Morgan fingerprint density at radius 2 is 2.14 bits per heavy atom. The molecule has 1 amide bonds. The molecule has 110 valence electrons. The summed E-state index contributed by atoms with van der Waals surface area (Å²) in [5.41, 5.74) is 1.72. The molecule has 2 rings (SSSR count). The van der Waals surface area contributed by atoms with Crippen LogP contribution in [0.2, 0.25) is 0 Å². The number of carbonyl (C=O) groups excluding carboxylic acids is 2. The zero-order valence-corrected chi connectivity index (χ0v) is 12.1. The summed E-state index contributed by atoms with van der Waals surface area (Å²) in [6, 6.07) is 7.46. The summed E-state index contributed by atoms with van der Waals surface area (Å²) in [4.78, 5) is 22.9. The van der Waals surface area contributed by atoms with Gasteiger partial charge >= 0.3 is 0 Å². The number of nitrogens with one attached hydrogen (secondary N) is 2. The summed E-state index contributed by atoms with van der Waals surface area (Å²) in [6.45, 7) is 2.08. The van der Waals surface area contributed by atoms with E-state index in [1.807, 2.05) is 0 Å². The molecule has 1 saturated carbocycles. The third-order valence-electron chi connectivity index (χ3n) is 3.39. The molecule has 0 aromatic heterocycles. The van der Waals surface area contributed by atoms with Gasteiger partial charge in [0.2, 0.25) is 5.91 Å². The second-order valence-electron chi connectivity index (χ2n) is 5.30. The third kappa shape index (κ3) is 4.60. The van der Waals surface area contributed by atoms with Crippen molar-refractivity contribution in [2.75, 3.05) is 11.9 Å². The highest BCUT2D eigenvalue weighted by Crippen LogP contribution is 2.19. The Bertz CT molecular complexity index is 586. The van der Waals surface area contributed by atoms with E-state index < -0.39 is 0 Å². The number of ketones is 1. The van der Waals surface area contributed by atoms with E-state index in [1.54, 1.807) is 18.2 Å². The quantitative estimate of drug-likeness (QED) is 0.594. The van der Waals surface area contributed by atoms with Gasteiger partial charge in [-0.25, -0.2) is 0 Å². The number of rotatable bonds is 7. The maximum Gasteiger partial charge on any atom is 0.220 e. The van der Waals surface area contributed by atoms with Crippen LogP contribution >= 0.6 is 0 Å². The highest BCUT2D eigenvalue weighted by molar-refractivity contribution is 5.95. The summed E-state index contributed by atoms with van der Waals surface area (Å²) in [5.74, 6) is 0.0450. The van der Waals surface area contributed by atoms with Crippen LogP contribution in [0.15, 0.2) is 18.2 Å². The summed E-state index contributed by atoms with van der Waals surface area (Å²) in [6.07, 6.45) is 3.34. The average molecular weight is 285 g/mol. The first kappa shape index (κ1) is 15.0. The van der Waals surface area contributed by atoms with Gasteiger partial charge in [0.05, 0.1) is 11.3 Å². The maximum atomic E-state index is 11.5. The highest BCUT2D eigenvalue weighted by atomic mass is 16.1. The SMILES string of the molecule is CC(=O)c1ccc(C#N)c(NCCCC(=O)NC2CC2)c1. The topological polar surface area (TPSA) is 82.0 Å².